The van der Waals surface area contributed by atoms with E-state index in [2.05, 4.69) is 31.0 Å². The second-order valence-electron chi connectivity index (χ2n) is 5.91. The van der Waals surface area contributed by atoms with Gasteiger partial charge in [0.1, 0.15) is 11.6 Å². The van der Waals surface area contributed by atoms with Crippen molar-refractivity contribution in [2.45, 2.75) is 45.3 Å². The largest absolute Gasteiger partial charge is 0.311 e. The number of hydrogen-bond donors (Lipinski definition) is 1. The minimum Gasteiger partial charge on any atom is -0.311 e. The van der Waals surface area contributed by atoms with Crippen LogP contribution >= 0.6 is 0 Å². The summed E-state index contributed by atoms with van der Waals surface area (Å²) in [6.07, 6.45) is 1.05. The Morgan fingerprint density at radius 3 is 2.74 bits per heavy atom. The van der Waals surface area contributed by atoms with Crippen LogP contribution in [0.5, 0.6) is 0 Å². The monoisotopic (exact) mass is 268 g/mol. The minimum atomic E-state index is -0.521. The molecule has 0 amide bonds. The Morgan fingerprint density at radius 2 is 2.11 bits per heavy atom. The van der Waals surface area contributed by atoms with Crippen molar-refractivity contribution in [3.05, 3.63) is 35.4 Å². The Kier molecular flexibility index (Phi) is 4.21. The highest BCUT2D eigenvalue weighted by molar-refractivity contribution is 5.19. The number of halogens is 2. The van der Waals surface area contributed by atoms with Crippen LogP contribution in [-0.2, 0) is 6.54 Å². The molecule has 1 fully saturated rings. The summed E-state index contributed by atoms with van der Waals surface area (Å²) in [6, 6.07) is 4.27. The van der Waals surface area contributed by atoms with E-state index in [-0.39, 0.29) is 5.54 Å². The van der Waals surface area contributed by atoms with Gasteiger partial charge in [-0.1, -0.05) is 13.0 Å². The van der Waals surface area contributed by atoms with Crippen LogP contribution in [0.3, 0.4) is 0 Å². The summed E-state index contributed by atoms with van der Waals surface area (Å²) in [5, 5.41) is 3.50. The van der Waals surface area contributed by atoms with E-state index in [4.69, 9.17) is 0 Å². The van der Waals surface area contributed by atoms with Crippen molar-refractivity contribution in [1.82, 2.24) is 10.2 Å². The fraction of sp³-hybridized carbons (Fsp3) is 0.600. The first kappa shape index (κ1) is 14.4. The zero-order valence-electron chi connectivity index (χ0n) is 11.8. The van der Waals surface area contributed by atoms with E-state index < -0.39 is 11.6 Å². The lowest BCUT2D eigenvalue weighted by atomic mass is 9.95. The Hall–Kier alpha value is -1.00. The van der Waals surface area contributed by atoms with Crippen molar-refractivity contribution in [3.63, 3.8) is 0 Å². The van der Waals surface area contributed by atoms with E-state index in [9.17, 15) is 8.78 Å². The predicted octanol–water partition coefficient (Wildman–Crippen LogP) is 2.93. The van der Waals surface area contributed by atoms with Gasteiger partial charge in [0.25, 0.3) is 0 Å². The highest BCUT2D eigenvalue weighted by Crippen LogP contribution is 2.23. The Labute approximate surface area is 113 Å². The standard InChI is InChI=1S/C15H22F2N2/c1-4-13-9-19(15(2,3)10-18-13)8-11-5-6-12(16)7-14(11)17/h5-7,13,18H,4,8-10H2,1-3H3. The molecule has 19 heavy (non-hydrogen) atoms. The molecule has 1 aromatic carbocycles. The molecule has 2 nitrogen and oxygen atoms in total. The third-order valence-electron chi connectivity index (χ3n) is 3.99. The lowest BCUT2D eigenvalue weighted by Gasteiger charge is -2.46. The van der Waals surface area contributed by atoms with Crippen LogP contribution in [0.1, 0.15) is 32.8 Å². The van der Waals surface area contributed by atoms with Crippen molar-refractivity contribution in [2.75, 3.05) is 13.1 Å². The summed E-state index contributed by atoms with van der Waals surface area (Å²) >= 11 is 0. The smallest absolute Gasteiger partial charge is 0.130 e. The first-order valence-corrected chi connectivity index (χ1v) is 6.84. The molecule has 0 aliphatic carbocycles. The molecule has 1 saturated heterocycles. The van der Waals surface area contributed by atoms with Gasteiger partial charge in [-0.3, -0.25) is 4.90 Å². The molecule has 0 spiro atoms. The predicted molar refractivity (Wildman–Crippen MR) is 72.9 cm³/mol. The third kappa shape index (κ3) is 3.31. The molecule has 1 unspecified atom stereocenters. The van der Waals surface area contributed by atoms with Gasteiger partial charge in [-0.15, -0.1) is 0 Å². The van der Waals surface area contributed by atoms with E-state index >= 15 is 0 Å². The van der Waals surface area contributed by atoms with Gasteiger partial charge in [0, 0.05) is 42.8 Å². The van der Waals surface area contributed by atoms with Crippen LogP contribution in [0.4, 0.5) is 8.78 Å². The van der Waals surface area contributed by atoms with Gasteiger partial charge in [0.2, 0.25) is 0 Å². The molecule has 1 N–H and O–H groups in total. The second-order valence-corrected chi connectivity index (χ2v) is 5.91. The Bertz CT molecular complexity index is 446. The number of nitrogens with one attached hydrogen (secondary N) is 1. The second kappa shape index (κ2) is 5.55. The average molecular weight is 268 g/mol. The number of rotatable bonds is 3. The molecule has 1 heterocycles. The Morgan fingerprint density at radius 1 is 1.37 bits per heavy atom. The summed E-state index contributed by atoms with van der Waals surface area (Å²) in [5.74, 6) is -0.977. The zero-order valence-corrected chi connectivity index (χ0v) is 11.8. The topological polar surface area (TPSA) is 15.3 Å². The van der Waals surface area contributed by atoms with E-state index in [1.165, 1.54) is 6.07 Å². The minimum absolute atomic E-state index is 0.0213. The molecular weight excluding hydrogens is 246 g/mol. The SMILES string of the molecule is CCC1CN(Cc2ccc(F)cc2F)C(C)(C)CN1. The molecule has 0 radical (unpaired) electrons. The number of piperazine rings is 1. The summed E-state index contributed by atoms with van der Waals surface area (Å²) < 4.78 is 26.7. The summed E-state index contributed by atoms with van der Waals surface area (Å²) in [6.45, 7) is 8.74. The van der Waals surface area contributed by atoms with Gasteiger partial charge < -0.3 is 5.32 Å². The van der Waals surface area contributed by atoms with Crippen LogP contribution in [0.2, 0.25) is 0 Å². The summed E-state index contributed by atoms with van der Waals surface area (Å²) in [5.41, 5.74) is 0.540. The van der Waals surface area contributed by atoms with E-state index in [0.29, 0.717) is 18.2 Å². The maximum atomic E-state index is 13.8. The van der Waals surface area contributed by atoms with Crippen molar-refractivity contribution < 1.29 is 8.78 Å². The maximum Gasteiger partial charge on any atom is 0.130 e. The lowest BCUT2D eigenvalue weighted by Crippen LogP contribution is -2.61. The van der Waals surface area contributed by atoms with Gasteiger partial charge in [-0.2, -0.15) is 0 Å². The lowest BCUT2D eigenvalue weighted by molar-refractivity contribution is 0.0567. The highest BCUT2D eigenvalue weighted by atomic mass is 19.1. The normalized spacial score (nSPS) is 23.5. The van der Waals surface area contributed by atoms with Crippen LogP contribution in [0.15, 0.2) is 18.2 Å². The first-order valence-electron chi connectivity index (χ1n) is 6.84. The van der Waals surface area contributed by atoms with Crippen LogP contribution in [0, 0.1) is 11.6 Å². The fourth-order valence-electron chi connectivity index (χ4n) is 2.49. The molecule has 1 aliphatic rings. The van der Waals surface area contributed by atoms with E-state index in [0.717, 1.165) is 25.6 Å². The fourth-order valence-corrected chi connectivity index (χ4v) is 2.49. The van der Waals surface area contributed by atoms with Gasteiger partial charge in [-0.25, -0.2) is 8.78 Å². The van der Waals surface area contributed by atoms with Gasteiger partial charge in [0.15, 0.2) is 0 Å². The molecule has 0 aromatic heterocycles. The number of nitrogens with zero attached hydrogens (tertiary/aromatic N) is 1. The van der Waals surface area contributed by atoms with Gasteiger partial charge in [-0.05, 0) is 26.3 Å². The van der Waals surface area contributed by atoms with Crippen molar-refractivity contribution >= 4 is 0 Å². The molecule has 0 bridgehead atoms. The summed E-state index contributed by atoms with van der Waals surface area (Å²) in [7, 11) is 0. The third-order valence-corrected chi connectivity index (χ3v) is 3.99. The van der Waals surface area contributed by atoms with Crippen LogP contribution in [0.25, 0.3) is 0 Å². The zero-order chi connectivity index (χ0) is 14.0. The van der Waals surface area contributed by atoms with Gasteiger partial charge >= 0.3 is 0 Å². The Balaban J connectivity index is 2.15. The van der Waals surface area contributed by atoms with Crippen molar-refractivity contribution in [2.24, 2.45) is 0 Å². The molecular formula is C15H22F2N2. The van der Waals surface area contributed by atoms with E-state index in [1.807, 2.05) is 0 Å². The molecule has 1 aromatic rings. The van der Waals surface area contributed by atoms with Crippen molar-refractivity contribution in [3.8, 4) is 0 Å². The van der Waals surface area contributed by atoms with Gasteiger partial charge in [0.05, 0.1) is 0 Å². The van der Waals surface area contributed by atoms with Crippen LogP contribution < -0.4 is 5.32 Å². The molecule has 106 valence electrons. The summed E-state index contributed by atoms with van der Waals surface area (Å²) in [4.78, 5) is 2.27. The average Bonchev–Trinajstić information content (AvgIpc) is 2.34. The van der Waals surface area contributed by atoms with Crippen molar-refractivity contribution in [1.29, 1.82) is 0 Å². The molecule has 0 saturated carbocycles. The molecule has 2 rings (SSSR count). The van der Waals surface area contributed by atoms with E-state index in [1.54, 1.807) is 6.07 Å². The molecule has 4 heteroatoms. The maximum absolute atomic E-state index is 13.8. The molecule has 1 aliphatic heterocycles. The molecule has 1 atom stereocenters. The van der Waals surface area contributed by atoms with Crippen LogP contribution in [-0.4, -0.2) is 29.6 Å². The first-order chi connectivity index (χ1) is 8.92. The number of hydrogen-bond acceptors (Lipinski definition) is 2. The highest BCUT2D eigenvalue weighted by Gasteiger charge is 2.33. The quantitative estimate of drug-likeness (QED) is 0.906. The number of benzene rings is 1.